The van der Waals surface area contributed by atoms with E-state index in [2.05, 4.69) is 15.4 Å². The number of aliphatic hydroxyl groups excluding tert-OH is 1. The highest BCUT2D eigenvalue weighted by molar-refractivity contribution is 8.01. The maximum atomic E-state index is 12.7. The van der Waals surface area contributed by atoms with Crippen molar-refractivity contribution >= 4 is 41.3 Å². The van der Waals surface area contributed by atoms with E-state index in [0.717, 1.165) is 0 Å². The Morgan fingerprint density at radius 3 is 2.74 bits per heavy atom. The topological polar surface area (TPSA) is 138 Å². The van der Waals surface area contributed by atoms with E-state index in [9.17, 15) is 24.6 Å². The predicted molar refractivity (Wildman–Crippen MR) is 113 cm³/mol. The molecule has 3 heterocycles. The number of β-lactam (4-membered cyclic amide) rings is 1. The second-order valence-electron chi connectivity index (χ2n) is 6.92. The first-order valence-electron chi connectivity index (χ1n) is 9.28. The Morgan fingerprint density at radius 2 is 2.10 bits per heavy atom. The molecule has 3 atom stereocenters. The number of carbonyl (C=O) groups excluding carboxylic acids is 2. The van der Waals surface area contributed by atoms with Gasteiger partial charge in [0.25, 0.3) is 11.8 Å². The largest absolute Gasteiger partial charge is 0.477 e. The molecule has 0 bridgehead atoms. The van der Waals surface area contributed by atoms with Crippen molar-refractivity contribution in [2.75, 3.05) is 11.5 Å². The quantitative estimate of drug-likeness (QED) is 0.395. The number of hydrogen-bond acceptors (Lipinski definition) is 8. The van der Waals surface area contributed by atoms with Crippen molar-refractivity contribution in [1.82, 2.24) is 25.0 Å². The first-order valence-corrected chi connectivity index (χ1v) is 11.3. The first kappa shape index (κ1) is 21.4. The second-order valence-corrected chi connectivity index (χ2v) is 8.97. The van der Waals surface area contributed by atoms with E-state index in [-0.39, 0.29) is 5.70 Å². The third kappa shape index (κ3) is 4.05. The molecule has 1 fully saturated rings. The summed E-state index contributed by atoms with van der Waals surface area (Å²) in [5.74, 6) is -1.66. The summed E-state index contributed by atoms with van der Waals surface area (Å²) >= 11 is 2.71. The first-order chi connectivity index (χ1) is 14.9. The molecule has 2 aromatic rings. The molecule has 3 N–H and O–H groups in total. The number of aliphatic hydroxyl groups is 1. The van der Waals surface area contributed by atoms with Crippen LogP contribution in [0.5, 0.6) is 0 Å². The highest BCUT2D eigenvalue weighted by Crippen LogP contribution is 2.41. The van der Waals surface area contributed by atoms with Crippen LogP contribution in [0.4, 0.5) is 0 Å². The number of fused-ring (bicyclic) bond motifs is 1. The number of aliphatic carboxylic acids is 1. The summed E-state index contributed by atoms with van der Waals surface area (Å²) in [6.45, 7) is 0. The lowest BCUT2D eigenvalue weighted by Crippen LogP contribution is -2.70. The Morgan fingerprint density at radius 1 is 1.35 bits per heavy atom. The van der Waals surface area contributed by atoms with Crippen LogP contribution < -0.4 is 5.32 Å². The fourth-order valence-electron chi connectivity index (χ4n) is 3.38. The molecule has 2 amide bonds. The summed E-state index contributed by atoms with van der Waals surface area (Å²) < 4.78 is 1.59. The van der Waals surface area contributed by atoms with Gasteiger partial charge in [-0.1, -0.05) is 42.1 Å². The van der Waals surface area contributed by atoms with E-state index in [1.54, 1.807) is 42.1 Å². The van der Waals surface area contributed by atoms with Crippen molar-refractivity contribution in [2.45, 2.75) is 22.7 Å². The monoisotopic (exact) mass is 461 g/mol. The van der Waals surface area contributed by atoms with Gasteiger partial charge in [-0.25, -0.2) is 14.5 Å². The number of aromatic nitrogens is 3. The lowest BCUT2D eigenvalue weighted by molar-refractivity contribution is -0.151. The number of carboxylic acid groups (broad SMARTS) is 1. The van der Waals surface area contributed by atoms with Crippen molar-refractivity contribution in [2.24, 2.45) is 7.05 Å². The molecule has 1 saturated heterocycles. The van der Waals surface area contributed by atoms with E-state index in [0.29, 0.717) is 27.8 Å². The zero-order valence-corrected chi connectivity index (χ0v) is 18.0. The molecular weight excluding hydrogens is 442 g/mol. The zero-order valence-electron chi connectivity index (χ0n) is 16.3. The van der Waals surface area contributed by atoms with Crippen LogP contribution in [-0.4, -0.2) is 70.6 Å². The third-order valence-corrected chi connectivity index (χ3v) is 7.42. The van der Waals surface area contributed by atoms with E-state index in [1.165, 1.54) is 34.8 Å². The smallest absolute Gasteiger partial charge is 0.352 e. The number of thioether (sulfide) groups is 2. The second kappa shape index (κ2) is 8.73. The Hall–Kier alpha value is -2.83. The molecule has 0 aliphatic carbocycles. The maximum absolute atomic E-state index is 12.7. The maximum Gasteiger partial charge on any atom is 0.352 e. The number of amides is 2. The van der Waals surface area contributed by atoms with Crippen LogP contribution in [0.1, 0.15) is 11.7 Å². The third-order valence-electron chi connectivity index (χ3n) is 4.96. The summed E-state index contributed by atoms with van der Waals surface area (Å²) in [6, 6.07) is 7.49. The van der Waals surface area contributed by atoms with Crippen LogP contribution in [0.15, 0.2) is 53.1 Å². The number of carboxylic acids is 1. The number of nitrogens with zero attached hydrogens (tertiary/aromatic N) is 4. The SMILES string of the molecule is Cn1ncnc1SCC1=C(C(=O)O)N2C(=O)C(NC(=O)C(O)c3ccccc3)[C@@H]2SC1. The predicted octanol–water partition coefficient (Wildman–Crippen LogP) is 0.379. The molecule has 0 saturated carbocycles. The van der Waals surface area contributed by atoms with Crippen LogP contribution in [-0.2, 0) is 21.4 Å². The number of benzene rings is 1. The van der Waals surface area contributed by atoms with Gasteiger partial charge >= 0.3 is 5.97 Å². The summed E-state index contributed by atoms with van der Waals surface area (Å²) in [7, 11) is 1.74. The van der Waals surface area contributed by atoms with Gasteiger partial charge in [-0.05, 0) is 11.1 Å². The van der Waals surface area contributed by atoms with Gasteiger partial charge in [-0.3, -0.25) is 14.5 Å². The van der Waals surface area contributed by atoms with Gasteiger partial charge in [0, 0.05) is 18.6 Å². The number of nitrogens with one attached hydrogen (secondary N) is 1. The number of carbonyl (C=O) groups is 3. The molecule has 2 aliphatic heterocycles. The highest BCUT2D eigenvalue weighted by Gasteiger charge is 2.54. The summed E-state index contributed by atoms with van der Waals surface area (Å²) in [5.41, 5.74) is 0.954. The van der Waals surface area contributed by atoms with Crippen molar-refractivity contribution in [3.63, 3.8) is 0 Å². The molecule has 1 aromatic carbocycles. The molecule has 2 unspecified atom stereocenters. The Labute approximate surface area is 185 Å². The van der Waals surface area contributed by atoms with E-state index >= 15 is 0 Å². The Bertz CT molecular complexity index is 1060. The summed E-state index contributed by atoms with van der Waals surface area (Å²) in [5, 5.41) is 26.6. The molecule has 4 rings (SSSR count). The number of rotatable bonds is 7. The fourth-order valence-corrected chi connectivity index (χ4v) is 5.75. The van der Waals surface area contributed by atoms with E-state index < -0.39 is 35.3 Å². The molecular formula is C19H19N5O5S2. The van der Waals surface area contributed by atoms with Crippen LogP contribution in [0.2, 0.25) is 0 Å². The molecule has 0 spiro atoms. The number of aryl methyl sites for hydroxylation is 1. The van der Waals surface area contributed by atoms with Gasteiger partial charge in [0.2, 0.25) is 0 Å². The number of hydrogen-bond donors (Lipinski definition) is 3. The highest BCUT2D eigenvalue weighted by atomic mass is 32.2. The molecule has 31 heavy (non-hydrogen) atoms. The van der Waals surface area contributed by atoms with Gasteiger partial charge in [0.05, 0.1) is 0 Å². The lowest BCUT2D eigenvalue weighted by Gasteiger charge is -2.49. The fraction of sp³-hybridized carbons (Fsp3) is 0.316. The molecule has 0 radical (unpaired) electrons. The average Bonchev–Trinajstić information content (AvgIpc) is 3.19. The van der Waals surface area contributed by atoms with Crippen LogP contribution in [0, 0.1) is 0 Å². The van der Waals surface area contributed by atoms with Crippen molar-refractivity contribution < 1.29 is 24.6 Å². The van der Waals surface area contributed by atoms with Crippen molar-refractivity contribution in [1.29, 1.82) is 0 Å². The Kier molecular flexibility index (Phi) is 6.03. The lowest BCUT2D eigenvalue weighted by atomic mass is 10.0. The van der Waals surface area contributed by atoms with Crippen LogP contribution >= 0.6 is 23.5 Å². The van der Waals surface area contributed by atoms with Gasteiger partial charge in [-0.15, -0.1) is 11.8 Å². The minimum Gasteiger partial charge on any atom is -0.477 e. The van der Waals surface area contributed by atoms with Gasteiger partial charge in [0.15, 0.2) is 11.3 Å². The molecule has 10 nitrogen and oxygen atoms in total. The zero-order chi connectivity index (χ0) is 22.1. The van der Waals surface area contributed by atoms with E-state index in [4.69, 9.17) is 0 Å². The van der Waals surface area contributed by atoms with E-state index in [1.807, 2.05) is 0 Å². The molecule has 2 aliphatic rings. The molecule has 12 heteroatoms. The standard InChI is InChI=1S/C19H19N5O5S2/c1-23-19(20-9-21-23)31-8-11-7-30-17-12(16(27)24(17)13(11)18(28)29)22-15(26)14(25)10-5-3-2-4-6-10/h2-6,9,12,14,17,25H,7-8H2,1H3,(H,22,26)(H,28,29)/t12?,14?,17-/m0/s1. The van der Waals surface area contributed by atoms with Crippen LogP contribution in [0.25, 0.3) is 0 Å². The normalized spacial score (nSPS) is 21.4. The minimum absolute atomic E-state index is 0.0578. The van der Waals surface area contributed by atoms with Crippen LogP contribution in [0.3, 0.4) is 0 Å². The molecule has 162 valence electrons. The summed E-state index contributed by atoms with van der Waals surface area (Å²) in [4.78, 5) is 42.4. The Balaban J connectivity index is 1.46. The average molecular weight is 462 g/mol. The van der Waals surface area contributed by atoms with Crippen molar-refractivity contribution in [3.05, 3.63) is 53.5 Å². The van der Waals surface area contributed by atoms with Gasteiger partial charge in [-0.2, -0.15) is 5.10 Å². The van der Waals surface area contributed by atoms with Crippen molar-refractivity contribution in [3.8, 4) is 0 Å². The van der Waals surface area contributed by atoms with Gasteiger partial charge in [0.1, 0.15) is 23.4 Å². The molecule has 1 aromatic heterocycles. The minimum atomic E-state index is -1.41. The van der Waals surface area contributed by atoms with Gasteiger partial charge < -0.3 is 15.5 Å². The summed E-state index contributed by atoms with van der Waals surface area (Å²) in [6.07, 6.45) is 0.000752.